The average molecular weight is 514 g/mol. The number of methoxy groups -OCH3 is 1. The lowest BCUT2D eigenvalue weighted by molar-refractivity contribution is 0.102. The third-order valence-corrected chi connectivity index (χ3v) is 5.08. The molecule has 3 aromatic rings. The largest absolute Gasteiger partial charge is 0.496 e. The number of ketones is 1. The van der Waals surface area contributed by atoms with Crippen molar-refractivity contribution < 1.29 is 9.53 Å². The lowest BCUT2D eigenvalue weighted by Gasteiger charge is -2.15. The van der Waals surface area contributed by atoms with Crippen molar-refractivity contribution in [3.05, 3.63) is 58.9 Å². The number of carbonyl (C=O) groups is 1. The molecule has 5 nitrogen and oxygen atoms in total. The number of benzene rings is 2. The number of aromatic nitrogens is 3. The van der Waals surface area contributed by atoms with Gasteiger partial charge in [0, 0.05) is 5.56 Å². The van der Waals surface area contributed by atoms with Gasteiger partial charge in [0.1, 0.15) is 5.75 Å². The molecule has 0 bridgehead atoms. The van der Waals surface area contributed by atoms with E-state index in [1.807, 2.05) is 19.1 Å². The topological polar surface area (TPSA) is 65.0 Å². The molecule has 0 unspecified atom stereocenters. The van der Waals surface area contributed by atoms with E-state index in [1.165, 1.54) is 0 Å². The summed E-state index contributed by atoms with van der Waals surface area (Å²) < 4.78 is 1.24. The van der Waals surface area contributed by atoms with Crippen molar-refractivity contribution in [2.24, 2.45) is 0 Å². The predicted octanol–water partition coefficient (Wildman–Crippen LogP) is 6.23. The number of rotatable bonds is 3. The quantitative estimate of drug-likeness (QED) is 0.307. The normalized spacial score (nSPS) is 12.3. The third-order valence-electron chi connectivity index (χ3n) is 4.07. The molecule has 0 aliphatic rings. The number of hydrogen-bond donors (Lipinski definition) is 0. The Kier molecular flexibility index (Phi) is 6.40. The highest BCUT2D eigenvalue weighted by molar-refractivity contribution is 6.67. The van der Waals surface area contributed by atoms with E-state index in [0.717, 1.165) is 22.1 Å². The minimum Gasteiger partial charge on any atom is -0.496 e. The molecule has 0 spiro atoms. The van der Waals surface area contributed by atoms with Crippen LogP contribution < -0.4 is 4.74 Å². The number of halogens is 6. The summed E-state index contributed by atoms with van der Waals surface area (Å²) >= 11 is 35.1. The first-order valence-electron chi connectivity index (χ1n) is 7.94. The Morgan fingerprint density at radius 1 is 0.897 bits per heavy atom. The van der Waals surface area contributed by atoms with E-state index in [1.54, 1.807) is 25.3 Å². The van der Waals surface area contributed by atoms with Crippen molar-refractivity contribution in [2.75, 3.05) is 7.11 Å². The first-order chi connectivity index (χ1) is 13.4. The summed E-state index contributed by atoms with van der Waals surface area (Å²) in [5, 5.41) is 1.76. The van der Waals surface area contributed by atoms with Crippen LogP contribution in [0.15, 0.2) is 30.3 Å². The van der Waals surface area contributed by atoms with E-state index < -0.39 is 13.4 Å². The maximum atomic E-state index is 13.0. The molecule has 0 saturated carbocycles. The van der Waals surface area contributed by atoms with Crippen molar-refractivity contribution in [1.29, 1.82) is 0 Å². The SMILES string of the molecule is COc1ccc2cc(C(=O)c3nc(C(Cl)(Cl)Cl)nc(C(Cl)(Cl)Cl)n3)ccc2c1C. The molecule has 0 radical (unpaired) electrons. The van der Waals surface area contributed by atoms with Crippen LogP contribution in [-0.4, -0.2) is 27.8 Å². The highest BCUT2D eigenvalue weighted by Crippen LogP contribution is 2.40. The number of fused-ring (bicyclic) bond motifs is 1. The van der Waals surface area contributed by atoms with Crippen LogP contribution in [0.4, 0.5) is 0 Å². The van der Waals surface area contributed by atoms with Gasteiger partial charge >= 0.3 is 0 Å². The minimum absolute atomic E-state index is 0.304. The second kappa shape index (κ2) is 8.22. The standard InChI is InChI=1S/C18H11Cl6N3O2/c1-8-11-5-3-10(7-9(11)4-6-12(8)29-2)13(28)14-25-15(17(19,20)21)27-16(26-14)18(22,23)24/h3-7H,1-2H3. The zero-order valence-corrected chi connectivity index (χ0v) is 19.3. The fourth-order valence-electron chi connectivity index (χ4n) is 2.69. The summed E-state index contributed by atoms with van der Waals surface area (Å²) in [6.07, 6.45) is 0. The Balaban J connectivity index is 2.12. The van der Waals surface area contributed by atoms with Gasteiger partial charge in [0.05, 0.1) is 7.11 Å². The van der Waals surface area contributed by atoms with E-state index in [4.69, 9.17) is 74.3 Å². The summed E-state index contributed by atoms with van der Waals surface area (Å²) in [6.45, 7) is 1.93. The Hall–Kier alpha value is -1.08. The first kappa shape index (κ1) is 22.6. The minimum atomic E-state index is -2.04. The number of hydrogen-bond acceptors (Lipinski definition) is 5. The molecule has 29 heavy (non-hydrogen) atoms. The zero-order valence-electron chi connectivity index (χ0n) is 14.8. The monoisotopic (exact) mass is 511 g/mol. The van der Waals surface area contributed by atoms with Gasteiger partial charge in [-0.2, -0.15) is 0 Å². The van der Waals surface area contributed by atoms with Crippen molar-refractivity contribution in [3.63, 3.8) is 0 Å². The molecule has 0 saturated heterocycles. The molecule has 0 amide bonds. The van der Waals surface area contributed by atoms with Crippen molar-refractivity contribution >= 4 is 86.2 Å². The molecule has 152 valence electrons. The van der Waals surface area contributed by atoms with Gasteiger partial charge in [0.2, 0.25) is 19.2 Å². The number of carbonyl (C=O) groups excluding carboxylic acids is 1. The van der Waals surface area contributed by atoms with E-state index >= 15 is 0 Å². The third kappa shape index (κ3) is 4.82. The molecule has 0 aliphatic heterocycles. The van der Waals surface area contributed by atoms with Gasteiger partial charge < -0.3 is 4.74 Å². The van der Waals surface area contributed by atoms with Gasteiger partial charge in [-0.1, -0.05) is 87.8 Å². The van der Waals surface area contributed by atoms with E-state index in [-0.39, 0.29) is 17.5 Å². The molecule has 1 heterocycles. The van der Waals surface area contributed by atoms with Gasteiger partial charge in [-0.3, -0.25) is 4.79 Å². The Bertz CT molecular complexity index is 1080. The van der Waals surface area contributed by atoms with Crippen molar-refractivity contribution in [3.8, 4) is 5.75 Å². The molecule has 0 aliphatic carbocycles. The number of alkyl halides is 6. The fourth-order valence-corrected chi connectivity index (χ4v) is 3.19. The average Bonchev–Trinajstić information content (AvgIpc) is 2.65. The molecule has 0 fully saturated rings. The molecule has 0 atom stereocenters. The number of nitrogens with zero attached hydrogens (tertiary/aromatic N) is 3. The molecule has 1 aromatic heterocycles. The highest BCUT2D eigenvalue weighted by atomic mass is 35.6. The lowest BCUT2D eigenvalue weighted by Crippen LogP contribution is -2.20. The molecular formula is C18H11Cl6N3O2. The lowest BCUT2D eigenvalue weighted by atomic mass is 10.00. The smallest absolute Gasteiger partial charge is 0.250 e. The summed E-state index contributed by atoms with van der Waals surface area (Å²) in [5.41, 5.74) is 1.25. The molecule has 3 rings (SSSR count). The van der Waals surface area contributed by atoms with Gasteiger partial charge in [-0.25, -0.2) is 15.0 Å². The highest BCUT2D eigenvalue weighted by Gasteiger charge is 2.35. The van der Waals surface area contributed by atoms with Crippen LogP contribution in [0.3, 0.4) is 0 Å². The molecular weight excluding hydrogens is 503 g/mol. The van der Waals surface area contributed by atoms with Crippen molar-refractivity contribution in [2.45, 2.75) is 14.5 Å². The van der Waals surface area contributed by atoms with Crippen LogP contribution in [0, 0.1) is 6.92 Å². The molecule has 11 heteroatoms. The summed E-state index contributed by atoms with van der Waals surface area (Å²) in [4.78, 5) is 24.8. The van der Waals surface area contributed by atoms with Crippen LogP contribution in [0.25, 0.3) is 10.8 Å². The van der Waals surface area contributed by atoms with Crippen LogP contribution in [0.5, 0.6) is 5.75 Å². The Morgan fingerprint density at radius 2 is 1.48 bits per heavy atom. The second-order valence-electron chi connectivity index (χ2n) is 5.96. The van der Waals surface area contributed by atoms with Crippen LogP contribution in [0.2, 0.25) is 0 Å². The van der Waals surface area contributed by atoms with E-state index in [2.05, 4.69) is 15.0 Å². The maximum Gasteiger partial charge on any atom is 0.250 e. The van der Waals surface area contributed by atoms with Gasteiger partial charge in [-0.05, 0) is 35.4 Å². The number of ether oxygens (including phenoxy) is 1. The van der Waals surface area contributed by atoms with Gasteiger partial charge in [0.25, 0.3) is 0 Å². The summed E-state index contributed by atoms with van der Waals surface area (Å²) in [5.74, 6) is -0.776. The molecule has 0 N–H and O–H groups in total. The van der Waals surface area contributed by atoms with Gasteiger partial charge in [-0.15, -0.1) is 0 Å². The first-order valence-corrected chi connectivity index (χ1v) is 10.2. The summed E-state index contributed by atoms with van der Waals surface area (Å²) in [7, 11) is 1.59. The predicted molar refractivity (Wildman–Crippen MR) is 117 cm³/mol. The van der Waals surface area contributed by atoms with Crippen molar-refractivity contribution in [1.82, 2.24) is 15.0 Å². The maximum absolute atomic E-state index is 13.0. The van der Waals surface area contributed by atoms with Gasteiger partial charge in [0.15, 0.2) is 11.6 Å². The van der Waals surface area contributed by atoms with Crippen LogP contribution >= 0.6 is 69.6 Å². The summed E-state index contributed by atoms with van der Waals surface area (Å²) in [6, 6.07) is 8.78. The Morgan fingerprint density at radius 3 is 2.00 bits per heavy atom. The van der Waals surface area contributed by atoms with E-state index in [0.29, 0.717) is 5.56 Å². The van der Waals surface area contributed by atoms with E-state index in [9.17, 15) is 4.79 Å². The second-order valence-corrected chi connectivity index (χ2v) is 10.5. The molecule has 2 aromatic carbocycles. The Labute approximate surface area is 196 Å². The zero-order chi connectivity index (χ0) is 21.6. The van der Waals surface area contributed by atoms with Crippen LogP contribution in [-0.2, 0) is 7.59 Å². The van der Waals surface area contributed by atoms with Crippen LogP contribution in [0.1, 0.15) is 33.4 Å². The number of aryl methyl sites for hydroxylation is 1. The fraction of sp³-hybridized carbons (Fsp3) is 0.222.